The number of carbonyl (C=O) groups excluding carboxylic acids is 1. The lowest BCUT2D eigenvalue weighted by atomic mass is 9.87. The molecule has 3 nitrogen and oxygen atoms in total. The second-order valence-corrected chi connectivity index (χ2v) is 6.95. The molecule has 0 heterocycles. The number of likely N-dealkylation sites (N-methyl/N-ethyl adjacent to an activating group) is 1. The number of carbonyl (C=O) groups is 1. The Kier molecular flexibility index (Phi) is 6.12. The van der Waals surface area contributed by atoms with Crippen LogP contribution in [0.1, 0.15) is 37.7 Å². The van der Waals surface area contributed by atoms with Crippen LogP contribution < -0.4 is 5.32 Å². The number of ether oxygens (including phenoxy) is 1. The van der Waals surface area contributed by atoms with Crippen LogP contribution in [-0.4, -0.2) is 31.1 Å². The highest BCUT2D eigenvalue weighted by Gasteiger charge is 2.39. The molecule has 116 valence electrons. The number of benzene rings is 1. The van der Waals surface area contributed by atoms with Gasteiger partial charge in [-0.05, 0) is 37.6 Å². The van der Waals surface area contributed by atoms with Gasteiger partial charge in [0.15, 0.2) is 0 Å². The predicted molar refractivity (Wildman–Crippen MR) is 88.5 cm³/mol. The van der Waals surface area contributed by atoms with Crippen LogP contribution in [-0.2, 0) is 15.1 Å². The molecule has 0 aliphatic heterocycles. The van der Waals surface area contributed by atoms with E-state index < -0.39 is 5.54 Å². The number of rotatable bonds is 7. The van der Waals surface area contributed by atoms with Crippen molar-refractivity contribution < 1.29 is 9.53 Å². The quantitative estimate of drug-likeness (QED) is 0.784. The van der Waals surface area contributed by atoms with Gasteiger partial charge in [-0.3, -0.25) is 0 Å². The maximum atomic E-state index is 12.4. The molecule has 1 aromatic carbocycles. The van der Waals surface area contributed by atoms with Gasteiger partial charge in [-0.2, -0.15) is 11.8 Å². The summed E-state index contributed by atoms with van der Waals surface area (Å²) in [5.74, 6) is 0.762. The Morgan fingerprint density at radius 1 is 1.33 bits per heavy atom. The third-order valence-corrected chi connectivity index (χ3v) is 5.74. The molecule has 1 atom stereocenters. The molecule has 1 N–H and O–H groups in total. The summed E-state index contributed by atoms with van der Waals surface area (Å²) in [6.45, 7) is 0. The van der Waals surface area contributed by atoms with Crippen LogP contribution in [0.15, 0.2) is 30.3 Å². The standard InChI is InChI=1S/C17H25NO2S/c1-18-17(16(19)20-2,14-8-4-3-5-9-14)12-13-21-15-10-6-7-11-15/h3-5,8-9,15,18H,6-7,10-13H2,1-2H3. The molecular weight excluding hydrogens is 282 g/mol. The van der Waals surface area contributed by atoms with Crippen molar-refractivity contribution in [2.24, 2.45) is 0 Å². The van der Waals surface area contributed by atoms with Gasteiger partial charge in [0, 0.05) is 5.25 Å². The summed E-state index contributed by atoms with van der Waals surface area (Å²) in [5.41, 5.74) is 0.244. The SMILES string of the molecule is CNC(CCSC1CCCC1)(C(=O)OC)c1ccccc1. The van der Waals surface area contributed by atoms with Gasteiger partial charge in [0.2, 0.25) is 0 Å². The molecule has 1 fully saturated rings. The zero-order chi connectivity index (χ0) is 15.1. The fourth-order valence-corrected chi connectivity index (χ4v) is 4.49. The first kappa shape index (κ1) is 16.4. The summed E-state index contributed by atoms with van der Waals surface area (Å²) in [5, 5.41) is 3.99. The number of esters is 1. The Morgan fingerprint density at radius 2 is 2.00 bits per heavy atom. The molecule has 21 heavy (non-hydrogen) atoms. The van der Waals surface area contributed by atoms with Gasteiger partial charge >= 0.3 is 5.97 Å². The average Bonchev–Trinajstić information content (AvgIpc) is 3.05. The summed E-state index contributed by atoms with van der Waals surface area (Å²) >= 11 is 2.00. The van der Waals surface area contributed by atoms with Crippen molar-refractivity contribution in [3.63, 3.8) is 0 Å². The summed E-state index contributed by atoms with van der Waals surface area (Å²) < 4.78 is 5.07. The minimum atomic E-state index is -0.735. The molecule has 0 radical (unpaired) electrons. The third kappa shape index (κ3) is 3.80. The highest BCUT2D eigenvalue weighted by Crippen LogP contribution is 2.33. The van der Waals surface area contributed by atoms with Gasteiger partial charge in [0.1, 0.15) is 5.54 Å². The summed E-state index contributed by atoms with van der Waals surface area (Å²) in [6, 6.07) is 9.89. The van der Waals surface area contributed by atoms with E-state index in [1.807, 2.05) is 49.1 Å². The molecule has 1 aromatic rings. The van der Waals surface area contributed by atoms with E-state index in [4.69, 9.17) is 4.74 Å². The lowest BCUT2D eigenvalue weighted by molar-refractivity contribution is -0.149. The van der Waals surface area contributed by atoms with E-state index in [0.29, 0.717) is 0 Å². The molecule has 2 rings (SSSR count). The van der Waals surface area contributed by atoms with E-state index in [9.17, 15) is 4.79 Å². The molecule has 0 spiro atoms. The summed E-state index contributed by atoms with van der Waals surface area (Å²) in [6.07, 6.45) is 6.10. The molecule has 0 saturated heterocycles. The molecule has 0 aromatic heterocycles. The molecule has 1 aliphatic carbocycles. The molecule has 0 amide bonds. The zero-order valence-electron chi connectivity index (χ0n) is 12.9. The zero-order valence-corrected chi connectivity index (χ0v) is 13.7. The second kappa shape index (κ2) is 7.85. The summed E-state index contributed by atoms with van der Waals surface area (Å²) in [7, 11) is 3.30. The van der Waals surface area contributed by atoms with E-state index in [-0.39, 0.29) is 5.97 Å². The van der Waals surface area contributed by atoms with Crippen LogP contribution in [0.5, 0.6) is 0 Å². The number of hydrogen-bond donors (Lipinski definition) is 1. The van der Waals surface area contributed by atoms with Crippen LogP contribution in [0.3, 0.4) is 0 Å². The largest absolute Gasteiger partial charge is 0.467 e. The minimum absolute atomic E-state index is 0.205. The van der Waals surface area contributed by atoms with Crippen LogP contribution in [0, 0.1) is 0 Å². The van der Waals surface area contributed by atoms with Crippen molar-refractivity contribution in [3.05, 3.63) is 35.9 Å². The molecular formula is C17H25NO2S. The van der Waals surface area contributed by atoms with E-state index in [2.05, 4.69) is 5.32 Å². The maximum absolute atomic E-state index is 12.4. The summed E-state index contributed by atoms with van der Waals surface area (Å²) in [4.78, 5) is 12.4. The fourth-order valence-electron chi connectivity index (χ4n) is 3.07. The van der Waals surface area contributed by atoms with E-state index in [1.165, 1.54) is 32.8 Å². The van der Waals surface area contributed by atoms with E-state index in [0.717, 1.165) is 23.0 Å². The molecule has 1 unspecified atom stereocenters. The van der Waals surface area contributed by atoms with Gasteiger partial charge in [0.05, 0.1) is 7.11 Å². The number of nitrogens with one attached hydrogen (secondary N) is 1. The van der Waals surface area contributed by atoms with Gasteiger partial charge in [-0.15, -0.1) is 0 Å². The Morgan fingerprint density at radius 3 is 2.57 bits per heavy atom. The van der Waals surface area contributed by atoms with Crippen molar-refractivity contribution in [1.82, 2.24) is 5.32 Å². The highest BCUT2D eigenvalue weighted by molar-refractivity contribution is 7.99. The monoisotopic (exact) mass is 307 g/mol. The van der Waals surface area contributed by atoms with Crippen molar-refractivity contribution >= 4 is 17.7 Å². The Balaban J connectivity index is 2.09. The molecule has 1 aliphatic rings. The minimum Gasteiger partial charge on any atom is -0.467 e. The van der Waals surface area contributed by atoms with Gasteiger partial charge in [-0.1, -0.05) is 43.2 Å². The fraction of sp³-hybridized carbons (Fsp3) is 0.588. The lowest BCUT2D eigenvalue weighted by Crippen LogP contribution is -2.48. The van der Waals surface area contributed by atoms with Crippen molar-refractivity contribution in [3.8, 4) is 0 Å². The maximum Gasteiger partial charge on any atom is 0.330 e. The van der Waals surface area contributed by atoms with Crippen LogP contribution in [0.2, 0.25) is 0 Å². The first-order valence-electron chi connectivity index (χ1n) is 7.67. The lowest BCUT2D eigenvalue weighted by Gasteiger charge is -2.31. The highest BCUT2D eigenvalue weighted by atomic mass is 32.2. The Hall–Kier alpha value is -1.00. The van der Waals surface area contributed by atoms with E-state index >= 15 is 0 Å². The molecule has 1 saturated carbocycles. The number of methoxy groups -OCH3 is 1. The smallest absolute Gasteiger partial charge is 0.330 e. The second-order valence-electron chi connectivity index (χ2n) is 5.54. The topological polar surface area (TPSA) is 38.3 Å². The number of hydrogen-bond acceptors (Lipinski definition) is 4. The van der Waals surface area contributed by atoms with Gasteiger partial charge in [-0.25, -0.2) is 4.79 Å². The van der Waals surface area contributed by atoms with Crippen molar-refractivity contribution in [2.75, 3.05) is 19.9 Å². The normalized spacial score (nSPS) is 18.4. The van der Waals surface area contributed by atoms with Crippen LogP contribution in [0.25, 0.3) is 0 Å². The first-order chi connectivity index (χ1) is 10.2. The average molecular weight is 307 g/mol. The predicted octanol–water partition coefficient (Wildman–Crippen LogP) is 3.34. The third-order valence-electron chi connectivity index (χ3n) is 4.36. The first-order valence-corrected chi connectivity index (χ1v) is 8.72. The van der Waals surface area contributed by atoms with E-state index in [1.54, 1.807) is 0 Å². The van der Waals surface area contributed by atoms with Gasteiger partial charge < -0.3 is 10.1 Å². The van der Waals surface area contributed by atoms with Crippen LogP contribution in [0.4, 0.5) is 0 Å². The number of thioether (sulfide) groups is 1. The Bertz CT molecular complexity index is 445. The molecule has 4 heteroatoms. The van der Waals surface area contributed by atoms with Crippen molar-refractivity contribution in [2.45, 2.75) is 42.9 Å². The van der Waals surface area contributed by atoms with Crippen molar-refractivity contribution in [1.29, 1.82) is 0 Å². The Labute approximate surface area is 131 Å². The molecule has 0 bridgehead atoms. The van der Waals surface area contributed by atoms with Gasteiger partial charge in [0.25, 0.3) is 0 Å². The van der Waals surface area contributed by atoms with Crippen LogP contribution >= 0.6 is 11.8 Å².